The van der Waals surface area contributed by atoms with Gasteiger partial charge in [0.05, 0.1) is 88.8 Å². The van der Waals surface area contributed by atoms with Gasteiger partial charge in [-0.3, -0.25) is 0 Å². The Hall–Kier alpha value is -3.77. The number of rotatable bonds is 22. The third-order valence-corrected chi connectivity index (χ3v) is 8.66. The molecule has 2 aromatic carbocycles. The molecule has 11 nitrogen and oxygen atoms in total. The van der Waals surface area contributed by atoms with Gasteiger partial charge in [-0.25, -0.2) is 4.98 Å². The lowest BCUT2D eigenvalue weighted by Gasteiger charge is -2.30. The highest BCUT2D eigenvalue weighted by atomic mass is 16.3. The van der Waals surface area contributed by atoms with Gasteiger partial charge in [0.15, 0.2) is 17.4 Å². The SMILES string of the molecule is CNCCCN(CCC[N+](C)(C)C)c1ccc(Nc2nc(N)c(O)cc2Nc2ccc(N(CCC[N+](C)(C)C)CCC[N+](C)(C)C)cc2)cc1. The van der Waals surface area contributed by atoms with Gasteiger partial charge in [-0.1, -0.05) is 0 Å². The van der Waals surface area contributed by atoms with Crippen LogP contribution in [0.2, 0.25) is 0 Å². The van der Waals surface area contributed by atoms with Crippen LogP contribution in [0.15, 0.2) is 54.6 Å². The molecule has 0 bridgehead atoms. The van der Waals surface area contributed by atoms with Crippen molar-refractivity contribution >= 4 is 40.1 Å². The van der Waals surface area contributed by atoms with Crippen molar-refractivity contribution in [2.45, 2.75) is 25.7 Å². The number of anilines is 7. The Morgan fingerprint density at radius 2 is 1.02 bits per heavy atom. The molecule has 0 unspecified atom stereocenters. The number of nitrogens with zero attached hydrogens (tertiary/aromatic N) is 6. The predicted molar refractivity (Wildman–Crippen MR) is 215 cm³/mol. The summed E-state index contributed by atoms with van der Waals surface area (Å²) >= 11 is 0. The number of hydrogen-bond donors (Lipinski definition) is 5. The molecule has 0 radical (unpaired) electrons. The Labute approximate surface area is 303 Å². The lowest BCUT2D eigenvalue weighted by molar-refractivity contribution is -0.870. The molecule has 1 aromatic heterocycles. The van der Waals surface area contributed by atoms with E-state index in [1.165, 1.54) is 11.4 Å². The van der Waals surface area contributed by atoms with Gasteiger partial charge in [-0.05, 0) is 68.5 Å². The van der Waals surface area contributed by atoms with E-state index >= 15 is 0 Å². The first kappa shape index (κ1) is 40.7. The Morgan fingerprint density at radius 3 is 1.42 bits per heavy atom. The highest BCUT2D eigenvalue weighted by molar-refractivity contribution is 5.79. The highest BCUT2D eigenvalue weighted by Crippen LogP contribution is 2.34. The average Bonchev–Trinajstić information content (AvgIpc) is 3.01. The second-order valence-electron chi connectivity index (χ2n) is 16.7. The largest absolute Gasteiger partial charge is 0.504 e. The minimum atomic E-state index is -0.0585. The van der Waals surface area contributed by atoms with Crippen molar-refractivity contribution in [3.8, 4) is 5.75 Å². The third-order valence-electron chi connectivity index (χ3n) is 8.66. The fourth-order valence-corrected chi connectivity index (χ4v) is 5.91. The van der Waals surface area contributed by atoms with Gasteiger partial charge in [0.2, 0.25) is 0 Å². The second kappa shape index (κ2) is 18.5. The molecule has 3 aromatic rings. The molecule has 0 atom stereocenters. The molecule has 278 valence electrons. The van der Waals surface area contributed by atoms with Gasteiger partial charge in [-0.15, -0.1) is 0 Å². The van der Waals surface area contributed by atoms with E-state index < -0.39 is 0 Å². The van der Waals surface area contributed by atoms with Crippen molar-refractivity contribution in [3.05, 3.63) is 54.6 Å². The number of pyridine rings is 1. The highest BCUT2D eigenvalue weighted by Gasteiger charge is 2.16. The van der Waals surface area contributed by atoms with Crippen LogP contribution in [0.25, 0.3) is 0 Å². The van der Waals surface area contributed by atoms with E-state index in [2.05, 4.69) is 143 Å². The van der Waals surface area contributed by atoms with Crippen LogP contribution in [0.5, 0.6) is 5.75 Å². The second-order valence-corrected chi connectivity index (χ2v) is 16.7. The van der Waals surface area contributed by atoms with Gasteiger partial charge < -0.3 is 50.0 Å². The lowest BCUT2D eigenvalue weighted by Crippen LogP contribution is -2.39. The topological polar surface area (TPSA) is 102 Å². The smallest absolute Gasteiger partial charge is 0.168 e. The van der Waals surface area contributed by atoms with E-state index in [1.807, 2.05) is 7.05 Å². The van der Waals surface area contributed by atoms with Gasteiger partial charge in [0.25, 0.3) is 0 Å². The van der Waals surface area contributed by atoms with Crippen LogP contribution in [0.4, 0.5) is 40.1 Å². The summed E-state index contributed by atoms with van der Waals surface area (Å²) in [6, 6.07) is 18.7. The normalized spacial score (nSPS) is 12.2. The summed E-state index contributed by atoms with van der Waals surface area (Å²) in [4.78, 5) is 9.49. The van der Waals surface area contributed by atoms with E-state index in [0.29, 0.717) is 11.5 Å². The minimum absolute atomic E-state index is 0.0585. The van der Waals surface area contributed by atoms with E-state index in [9.17, 15) is 5.11 Å². The summed E-state index contributed by atoms with van der Waals surface area (Å²) in [5.41, 5.74) is 10.9. The zero-order chi connectivity index (χ0) is 37.0. The molecule has 0 aliphatic heterocycles. The molecule has 0 amide bonds. The number of hydrogen-bond acceptors (Lipinski definition) is 8. The van der Waals surface area contributed by atoms with Crippen molar-refractivity contribution < 1.29 is 18.6 Å². The van der Waals surface area contributed by atoms with Crippen LogP contribution in [-0.4, -0.2) is 146 Å². The Balaban J connectivity index is 1.75. The van der Waals surface area contributed by atoms with E-state index in [4.69, 9.17) is 5.73 Å². The molecule has 0 saturated carbocycles. The molecule has 0 aliphatic rings. The number of quaternary nitrogens is 3. The molecule has 3 rings (SSSR count). The molecule has 0 aliphatic carbocycles. The molecular formula is C39H69N10O+3. The lowest BCUT2D eigenvalue weighted by atomic mass is 10.2. The third kappa shape index (κ3) is 15.0. The molecule has 0 saturated heterocycles. The maximum atomic E-state index is 10.5. The number of benzene rings is 2. The number of aromatic hydroxyl groups is 1. The number of nitrogens with one attached hydrogen (secondary N) is 3. The van der Waals surface area contributed by atoms with Crippen LogP contribution < -0.4 is 31.5 Å². The van der Waals surface area contributed by atoms with Crippen LogP contribution in [0.3, 0.4) is 0 Å². The van der Waals surface area contributed by atoms with Crippen molar-refractivity contribution in [1.82, 2.24) is 10.3 Å². The van der Waals surface area contributed by atoms with Crippen LogP contribution >= 0.6 is 0 Å². The first-order valence-corrected chi connectivity index (χ1v) is 18.2. The first-order valence-electron chi connectivity index (χ1n) is 18.2. The summed E-state index contributed by atoms with van der Waals surface area (Å²) < 4.78 is 2.89. The molecule has 1 heterocycles. The summed E-state index contributed by atoms with van der Waals surface area (Å²) in [5.74, 6) is 0.571. The summed E-state index contributed by atoms with van der Waals surface area (Å²) in [5, 5.41) is 20.7. The quantitative estimate of drug-likeness (QED) is 0.0708. The van der Waals surface area contributed by atoms with E-state index in [0.717, 1.165) is 103 Å². The maximum Gasteiger partial charge on any atom is 0.168 e. The minimum Gasteiger partial charge on any atom is -0.504 e. The first-order chi connectivity index (χ1) is 23.4. The zero-order valence-electron chi connectivity index (χ0n) is 32.9. The van der Waals surface area contributed by atoms with Gasteiger partial charge >= 0.3 is 0 Å². The monoisotopic (exact) mass is 694 g/mol. The molecule has 6 N–H and O–H groups in total. The van der Waals surface area contributed by atoms with Crippen LogP contribution in [0.1, 0.15) is 25.7 Å². The maximum absolute atomic E-state index is 10.5. The van der Waals surface area contributed by atoms with Crippen molar-refractivity contribution in [2.24, 2.45) is 0 Å². The molecular weight excluding hydrogens is 624 g/mol. The molecule has 0 spiro atoms. The van der Waals surface area contributed by atoms with E-state index in [1.54, 1.807) is 6.07 Å². The van der Waals surface area contributed by atoms with Gasteiger partial charge in [0, 0.05) is 74.3 Å². The average molecular weight is 694 g/mol. The summed E-state index contributed by atoms with van der Waals surface area (Å²) in [7, 11) is 22.2. The number of aromatic nitrogens is 1. The van der Waals surface area contributed by atoms with Gasteiger partial charge in [0.1, 0.15) is 0 Å². The van der Waals surface area contributed by atoms with Gasteiger partial charge in [-0.2, -0.15) is 0 Å². The predicted octanol–water partition coefficient (Wildman–Crippen LogP) is 5.37. The van der Waals surface area contributed by atoms with E-state index in [-0.39, 0.29) is 11.6 Å². The standard InChI is InChI=1S/C39H68N10O/c1-41-23-11-24-45(25-12-28-47(2,3)4)34-21-17-33(18-22-34)43-39-36(31-37(50)38(40)44-39)42-32-15-19-35(20-16-32)46(26-13-29-48(5,6)7)27-14-30-49(8,9)10/h15-22,31,41-42H,11-14,23-30H2,1-10H3,(H3-,40,43,44,50)/q+2/p+1. The Kier molecular flexibility index (Phi) is 15.0. The fraction of sp³-hybridized carbons (Fsp3) is 0.564. The van der Waals surface area contributed by atoms with Crippen molar-refractivity contribution in [3.63, 3.8) is 0 Å². The van der Waals surface area contributed by atoms with Crippen molar-refractivity contribution in [2.75, 3.05) is 149 Å². The Bertz CT molecular complexity index is 1400. The summed E-state index contributed by atoms with van der Waals surface area (Å²) in [6.45, 7) is 8.42. The Morgan fingerprint density at radius 1 is 0.620 bits per heavy atom. The van der Waals surface area contributed by atoms with Crippen LogP contribution in [0, 0.1) is 0 Å². The molecule has 0 fully saturated rings. The van der Waals surface area contributed by atoms with Crippen molar-refractivity contribution in [1.29, 1.82) is 0 Å². The molecule has 50 heavy (non-hydrogen) atoms. The zero-order valence-corrected chi connectivity index (χ0v) is 32.9. The summed E-state index contributed by atoms with van der Waals surface area (Å²) in [6.07, 6.45) is 4.47. The fourth-order valence-electron chi connectivity index (χ4n) is 5.91. The number of nitrogen functional groups attached to an aromatic ring is 1. The molecule has 11 heteroatoms. The van der Waals surface area contributed by atoms with Crippen LogP contribution in [-0.2, 0) is 0 Å². The number of nitrogens with two attached hydrogens (primary N) is 1.